The summed E-state index contributed by atoms with van der Waals surface area (Å²) in [6.07, 6.45) is 0. The van der Waals surface area contributed by atoms with E-state index in [0.29, 0.717) is 12.6 Å². The molecule has 2 heterocycles. The van der Waals surface area contributed by atoms with E-state index in [-0.39, 0.29) is 11.3 Å². The Bertz CT molecular complexity index is 403. The Morgan fingerprint density at radius 1 is 1.32 bits per heavy atom. The van der Waals surface area contributed by atoms with Crippen molar-refractivity contribution >= 4 is 29.3 Å². The smallest absolute Gasteiger partial charge is 0.322 e. The van der Waals surface area contributed by atoms with Crippen LogP contribution < -0.4 is 10.1 Å². The van der Waals surface area contributed by atoms with E-state index in [1.54, 1.807) is 0 Å². The van der Waals surface area contributed by atoms with Crippen molar-refractivity contribution in [1.29, 1.82) is 0 Å². The molecule has 1 N–H and O–H groups in total. The molecule has 0 radical (unpaired) electrons. The van der Waals surface area contributed by atoms with Gasteiger partial charge in [-0.1, -0.05) is 0 Å². The van der Waals surface area contributed by atoms with Gasteiger partial charge in [-0.05, 0) is 18.5 Å². The number of ether oxygens (including phenoxy) is 1. The molecule has 8 heteroatoms. The summed E-state index contributed by atoms with van der Waals surface area (Å²) in [5.74, 6) is 2.90. The van der Waals surface area contributed by atoms with Gasteiger partial charge in [0.15, 0.2) is 0 Å². The SMILES string of the molecule is CCOc1nc(Cl)nc(NCCN2CCSCC2)n1. The first-order valence-corrected chi connectivity index (χ1v) is 7.89. The van der Waals surface area contributed by atoms with Gasteiger partial charge in [0.05, 0.1) is 6.61 Å². The molecule has 0 atom stereocenters. The van der Waals surface area contributed by atoms with E-state index in [4.69, 9.17) is 16.3 Å². The van der Waals surface area contributed by atoms with Gasteiger partial charge in [0.2, 0.25) is 11.2 Å². The number of aromatic nitrogens is 3. The normalized spacial score (nSPS) is 16.3. The van der Waals surface area contributed by atoms with Crippen LogP contribution in [0.3, 0.4) is 0 Å². The minimum absolute atomic E-state index is 0.148. The van der Waals surface area contributed by atoms with Crippen LogP contribution in [0, 0.1) is 0 Å². The number of anilines is 1. The zero-order valence-corrected chi connectivity index (χ0v) is 12.5. The van der Waals surface area contributed by atoms with Crippen LogP contribution in [0.1, 0.15) is 6.92 Å². The number of hydrogen-bond donors (Lipinski definition) is 1. The average Bonchev–Trinajstić information content (AvgIpc) is 2.40. The zero-order chi connectivity index (χ0) is 13.5. The maximum Gasteiger partial charge on any atom is 0.322 e. The second kappa shape index (κ2) is 7.72. The van der Waals surface area contributed by atoms with Crippen LogP contribution in [0.2, 0.25) is 5.28 Å². The Morgan fingerprint density at radius 3 is 2.84 bits per heavy atom. The summed E-state index contributed by atoms with van der Waals surface area (Å²) in [4.78, 5) is 14.5. The summed E-state index contributed by atoms with van der Waals surface area (Å²) in [6, 6.07) is 0.263. The zero-order valence-electron chi connectivity index (χ0n) is 10.9. The van der Waals surface area contributed by atoms with E-state index in [9.17, 15) is 0 Å². The molecule has 1 aromatic heterocycles. The fourth-order valence-corrected chi connectivity index (χ4v) is 2.89. The van der Waals surface area contributed by atoms with Crippen LogP contribution in [0.5, 0.6) is 6.01 Å². The third kappa shape index (κ3) is 5.00. The Balaban J connectivity index is 1.81. The van der Waals surface area contributed by atoms with E-state index in [0.717, 1.165) is 26.2 Å². The van der Waals surface area contributed by atoms with Crippen LogP contribution >= 0.6 is 23.4 Å². The first-order valence-electron chi connectivity index (χ1n) is 6.36. The highest BCUT2D eigenvalue weighted by molar-refractivity contribution is 7.99. The Morgan fingerprint density at radius 2 is 2.11 bits per heavy atom. The molecule has 0 bridgehead atoms. The van der Waals surface area contributed by atoms with Crippen LogP contribution in [0.4, 0.5) is 5.95 Å². The molecule has 2 rings (SSSR count). The van der Waals surface area contributed by atoms with E-state index >= 15 is 0 Å². The number of halogens is 1. The number of nitrogens with one attached hydrogen (secondary N) is 1. The van der Waals surface area contributed by atoms with Crippen LogP contribution in [-0.2, 0) is 0 Å². The lowest BCUT2D eigenvalue weighted by Gasteiger charge is -2.25. The standard InChI is InChI=1S/C11H18ClN5OS/c1-2-18-11-15-9(12)14-10(16-11)13-3-4-17-5-7-19-8-6-17/h2-8H2,1H3,(H,13,14,15,16). The molecule has 1 fully saturated rings. The molecule has 19 heavy (non-hydrogen) atoms. The van der Waals surface area contributed by atoms with Crippen LogP contribution in [0.15, 0.2) is 0 Å². The summed E-state index contributed by atoms with van der Waals surface area (Å²) in [5.41, 5.74) is 0. The number of thioether (sulfide) groups is 1. The van der Waals surface area contributed by atoms with Crippen molar-refractivity contribution in [1.82, 2.24) is 19.9 Å². The lowest BCUT2D eigenvalue weighted by atomic mass is 10.4. The lowest BCUT2D eigenvalue weighted by molar-refractivity contribution is 0.310. The van der Waals surface area contributed by atoms with Gasteiger partial charge in [-0.15, -0.1) is 0 Å². The largest absolute Gasteiger partial charge is 0.464 e. The van der Waals surface area contributed by atoms with Crippen molar-refractivity contribution in [2.45, 2.75) is 6.92 Å². The third-order valence-electron chi connectivity index (χ3n) is 2.68. The molecular weight excluding hydrogens is 286 g/mol. The molecule has 1 saturated heterocycles. The lowest BCUT2D eigenvalue weighted by Crippen LogP contribution is -2.36. The molecule has 1 aromatic rings. The maximum atomic E-state index is 5.82. The molecule has 0 spiro atoms. The molecule has 0 unspecified atom stereocenters. The maximum absolute atomic E-state index is 5.82. The summed E-state index contributed by atoms with van der Waals surface area (Å²) in [5, 5.41) is 3.30. The van der Waals surface area contributed by atoms with Gasteiger partial charge < -0.3 is 10.1 Å². The predicted molar refractivity (Wildman–Crippen MR) is 78.3 cm³/mol. The second-order valence-electron chi connectivity index (χ2n) is 4.02. The molecule has 6 nitrogen and oxygen atoms in total. The summed E-state index contributed by atoms with van der Waals surface area (Å²) in [7, 11) is 0. The van der Waals surface area contributed by atoms with E-state index in [1.807, 2.05) is 18.7 Å². The summed E-state index contributed by atoms with van der Waals surface area (Å²) >= 11 is 7.83. The minimum Gasteiger partial charge on any atom is -0.464 e. The third-order valence-corrected chi connectivity index (χ3v) is 3.79. The van der Waals surface area contributed by atoms with E-state index in [2.05, 4.69) is 25.2 Å². The summed E-state index contributed by atoms with van der Waals surface area (Å²) in [6.45, 7) is 6.44. The average molecular weight is 304 g/mol. The van der Waals surface area contributed by atoms with Crippen molar-refractivity contribution in [2.24, 2.45) is 0 Å². The van der Waals surface area contributed by atoms with Gasteiger partial charge in [0.1, 0.15) is 0 Å². The molecule has 1 aliphatic heterocycles. The molecule has 0 aliphatic carbocycles. The van der Waals surface area contributed by atoms with Gasteiger partial charge >= 0.3 is 6.01 Å². The second-order valence-corrected chi connectivity index (χ2v) is 5.59. The van der Waals surface area contributed by atoms with Crippen LogP contribution in [-0.4, -0.2) is 64.1 Å². The Labute approximate surface area is 122 Å². The van der Waals surface area contributed by atoms with Crippen LogP contribution in [0.25, 0.3) is 0 Å². The van der Waals surface area contributed by atoms with Crippen molar-refractivity contribution in [3.63, 3.8) is 0 Å². The topological polar surface area (TPSA) is 63.2 Å². The van der Waals surface area contributed by atoms with Crippen molar-refractivity contribution in [3.8, 4) is 6.01 Å². The Kier molecular flexibility index (Phi) is 5.93. The molecule has 0 saturated carbocycles. The fourth-order valence-electron chi connectivity index (χ4n) is 1.76. The van der Waals surface area contributed by atoms with Gasteiger partial charge in [0.25, 0.3) is 0 Å². The molecule has 106 valence electrons. The highest BCUT2D eigenvalue weighted by Gasteiger charge is 2.10. The number of nitrogens with zero attached hydrogens (tertiary/aromatic N) is 4. The molecular formula is C11H18ClN5OS. The van der Waals surface area contributed by atoms with E-state index in [1.165, 1.54) is 11.5 Å². The molecule has 0 amide bonds. The fraction of sp³-hybridized carbons (Fsp3) is 0.727. The molecule has 1 aliphatic rings. The highest BCUT2D eigenvalue weighted by Crippen LogP contribution is 2.11. The number of hydrogen-bond acceptors (Lipinski definition) is 7. The number of rotatable bonds is 6. The van der Waals surface area contributed by atoms with Crippen molar-refractivity contribution in [3.05, 3.63) is 5.28 Å². The van der Waals surface area contributed by atoms with Crippen molar-refractivity contribution in [2.75, 3.05) is 49.6 Å². The summed E-state index contributed by atoms with van der Waals surface area (Å²) < 4.78 is 5.22. The first-order chi connectivity index (χ1) is 9.28. The van der Waals surface area contributed by atoms with Gasteiger partial charge in [-0.25, -0.2) is 0 Å². The van der Waals surface area contributed by atoms with Gasteiger partial charge in [-0.2, -0.15) is 26.7 Å². The monoisotopic (exact) mass is 303 g/mol. The van der Waals surface area contributed by atoms with Crippen molar-refractivity contribution < 1.29 is 4.74 Å². The first kappa shape index (κ1) is 14.6. The van der Waals surface area contributed by atoms with Gasteiger partial charge in [0, 0.05) is 37.7 Å². The van der Waals surface area contributed by atoms with E-state index < -0.39 is 0 Å². The predicted octanol–water partition coefficient (Wildman–Crippen LogP) is 1.38. The van der Waals surface area contributed by atoms with Gasteiger partial charge in [-0.3, -0.25) is 4.90 Å². The quantitative estimate of drug-likeness (QED) is 0.852. The Hall–Kier alpha value is -0.790. The molecule has 0 aromatic carbocycles. The highest BCUT2D eigenvalue weighted by atomic mass is 35.5. The minimum atomic E-state index is 0.148.